The van der Waals surface area contributed by atoms with Gasteiger partial charge in [0.2, 0.25) is 0 Å². The lowest BCUT2D eigenvalue weighted by molar-refractivity contribution is -0.174. The lowest BCUT2D eigenvalue weighted by Crippen LogP contribution is -2.46. The highest BCUT2D eigenvalue weighted by molar-refractivity contribution is 5.78. The monoisotopic (exact) mass is 224 g/mol. The van der Waals surface area contributed by atoms with Crippen molar-refractivity contribution in [3.63, 3.8) is 0 Å². The van der Waals surface area contributed by atoms with E-state index in [1.165, 1.54) is 0 Å². The van der Waals surface area contributed by atoms with Crippen LogP contribution in [0.4, 0.5) is 0 Å². The number of hydrogen-bond donors (Lipinski definition) is 0. The molecule has 2 saturated carbocycles. The van der Waals surface area contributed by atoms with Gasteiger partial charge in [-0.15, -0.1) is 0 Å². The smallest absolute Gasteiger partial charge is 0.310 e. The topological polar surface area (TPSA) is 52.6 Å². The summed E-state index contributed by atoms with van der Waals surface area (Å²) in [5, 5.41) is 0. The summed E-state index contributed by atoms with van der Waals surface area (Å²) in [6, 6.07) is 0. The maximum Gasteiger partial charge on any atom is 0.310 e. The molecule has 0 aromatic rings. The van der Waals surface area contributed by atoms with E-state index in [9.17, 15) is 9.59 Å². The second-order valence-electron chi connectivity index (χ2n) is 5.31. The molecule has 2 bridgehead atoms. The highest BCUT2D eigenvalue weighted by Crippen LogP contribution is 2.61. The van der Waals surface area contributed by atoms with Crippen molar-refractivity contribution in [2.24, 2.45) is 17.8 Å². The Balaban J connectivity index is 1.87. The highest BCUT2D eigenvalue weighted by atomic mass is 16.6. The molecule has 3 aliphatic rings. The van der Waals surface area contributed by atoms with Crippen molar-refractivity contribution in [2.75, 3.05) is 0 Å². The van der Waals surface area contributed by atoms with Gasteiger partial charge < -0.3 is 9.47 Å². The minimum absolute atomic E-state index is 0.0616. The van der Waals surface area contributed by atoms with Crippen LogP contribution in [0, 0.1) is 17.8 Å². The van der Waals surface area contributed by atoms with Crippen molar-refractivity contribution in [1.82, 2.24) is 0 Å². The molecule has 5 atom stereocenters. The highest BCUT2D eigenvalue weighted by Gasteiger charge is 2.70. The van der Waals surface area contributed by atoms with Gasteiger partial charge in [-0.25, -0.2) is 0 Å². The van der Waals surface area contributed by atoms with E-state index in [-0.39, 0.29) is 29.9 Å². The average molecular weight is 224 g/mol. The van der Waals surface area contributed by atoms with E-state index in [0.717, 1.165) is 12.8 Å². The fourth-order valence-electron chi connectivity index (χ4n) is 3.76. The Labute approximate surface area is 94.3 Å². The van der Waals surface area contributed by atoms with E-state index in [2.05, 4.69) is 0 Å². The summed E-state index contributed by atoms with van der Waals surface area (Å²) in [4.78, 5) is 23.0. The molecule has 5 unspecified atom stereocenters. The van der Waals surface area contributed by atoms with Crippen molar-refractivity contribution in [3.05, 3.63) is 0 Å². The van der Waals surface area contributed by atoms with Crippen molar-refractivity contribution in [3.8, 4) is 0 Å². The molecular formula is C12H16O4. The van der Waals surface area contributed by atoms with E-state index >= 15 is 0 Å². The Kier molecular flexibility index (Phi) is 1.89. The quantitative estimate of drug-likeness (QED) is 0.663. The minimum Gasteiger partial charge on any atom is -0.458 e. The second-order valence-corrected chi connectivity index (χ2v) is 5.31. The van der Waals surface area contributed by atoms with Crippen LogP contribution in [-0.2, 0) is 19.1 Å². The zero-order valence-corrected chi connectivity index (χ0v) is 9.56. The molecule has 88 valence electrons. The lowest BCUT2D eigenvalue weighted by Gasteiger charge is -2.34. The summed E-state index contributed by atoms with van der Waals surface area (Å²) in [5.41, 5.74) is -0.546. The number of rotatable bonds is 2. The zero-order chi connectivity index (χ0) is 11.5. The molecule has 0 amide bonds. The Morgan fingerprint density at radius 1 is 1.56 bits per heavy atom. The molecule has 1 heterocycles. The van der Waals surface area contributed by atoms with Gasteiger partial charge in [0.05, 0.1) is 5.92 Å². The van der Waals surface area contributed by atoms with Gasteiger partial charge in [-0.2, -0.15) is 0 Å². The summed E-state index contributed by atoms with van der Waals surface area (Å²) >= 11 is 0. The van der Waals surface area contributed by atoms with Crippen LogP contribution in [-0.4, -0.2) is 23.6 Å². The summed E-state index contributed by atoms with van der Waals surface area (Å²) < 4.78 is 10.9. The molecule has 3 fully saturated rings. The third-order valence-corrected chi connectivity index (χ3v) is 4.50. The molecule has 0 radical (unpaired) electrons. The van der Waals surface area contributed by atoms with Crippen LogP contribution in [0.1, 0.15) is 33.1 Å². The van der Waals surface area contributed by atoms with Gasteiger partial charge in [0, 0.05) is 18.3 Å². The van der Waals surface area contributed by atoms with Gasteiger partial charge in [-0.05, 0) is 19.8 Å². The number of fused-ring (bicyclic) bond motifs is 1. The number of hydrogen-bond acceptors (Lipinski definition) is 4. The van der Waals surface area contributed by atoms with Gasteiger partial charge in [0.1, 0.15) is 11.7 Å². The van der Waals surface area contributed by atoms with Crippen LogP contribution < -0.4 is 0 Å². The maximum atomic E-state index is 11.6. The SMILES string of the molecule is CCC(=O)OC1C2CC3C(=O)OC1(C)C3C2. The molecule has 1 saturated heterocycles. The third-order valence-electron chi connectivity index (χ3n) is 4.50. The van der Waals surface area contributed by atoms with E-state index in [4.69, 9.17) is 9.47 Å². The first-order chi connectivity index (χ1) is 7.56. The predicted molar refractivity (Wildman–Crippen MR) is 54.4 cm³/mol. The summed E-state index contributed by atoms with van der Waals surface area (Å²) in [6.07, 6.45) is 1.96. The van der Waals surface area contributed by atoms with Crippen LogP contribution in [0.5, 0.6) is 0 Å². The largest absolute Gasteiger partial charge is 0.458 e. The van der Waals surface area contributed by atoms with Crippen molar-refractivity contribution >= 4 is 11.9 Å². The Bertz CT molecular complexity index is 364. The van der Waals surface area contributed by atoms with Crippen molar-refractivity contribution in [1.29, 1.82) is 0 Å². The maximum absolute atomic E-state index is 11.6. The van der Waals surface area contributed by atoms with Crippen LogP contribution in [0.3, 0.4) is 0 Å². The first-order valence-corrected chi connectivity index (χ1v) is 5.98. The normalized spacial score (nSPS) is 48.2. The van der Waals surface area contributed by atoms with Gasteiger partial charge in [-0.1, -0.05) is 6.92 Å². The van der Waals surface area contributed by atoms with E-state index < -0.39 is 5.60 Å². The lowest BCUT2D eigenvalue weighted by atomic mass is 9.79. The Morgan fingerprint density at radius 2 is 2.31 bits per heavy atom. The first kappa shape index (κ1) is 10.1. The molecule has 3 rings (SSSR count). The van der Waals surface area contributed by atoms with E-state index in [1.54, 1.807) is 6.92 Å². The van der Waals surface area contributed by atoms with Gasteiger partial charge in [-0.3, -0.25) is 9.59 Å². The summed E-state index contributed by atoms with van der Waals surface area (Å²) in [5.74, 6) is 0.358. The number of carbonyl (C=O) groups is 2. The Hall–Kier alpha value is -1.06. The second kappa shape index (κ2) is 2.99. The molecule has 0 aromatic carbocycles. The van der Waals surface area contributed by atoms with Gasteiger partial charge >= 0.3 is 11.9 Å². The van der Waals surface area contributed by atoms with Crippen LogP contribution >= 0.6 is 0 Å². The number of ether oxygens (including phenoxy) is 2. The van der Waals surface area contributed by atoms with Crippen LogP contribution in [0.2, 0.25) is 0 Å². The third kappa shape index (κ3) is 1.05. The van der Waals surface area contributed by atoms with E-state index in [0.29, 0.717) is 12.3 Å². The molecule has 4 heteroatoms. The van der Waals surface area contributed by atoms with Gasteiger partial charge in [0.15, 0.2) is 0 Å². The van der Waals surface area contributed by atoms with Gasteiger partial charge in [0.25, 0.3) is 0 Å². The number of esters is 2. The average Bonchev–Trinajstić information content (AvgIpc) is 2.81. The first-order valence-electron chi connectivity index (χ1n) is 5.98. The Morgan fingerprint density at radius 3 is 3.00 bits per heavy atom. The predicted octanol–water partition coefficient (Wildman–Crippen LogP) is 1.28. The van der Waals surface area contributed by atoms with Crippen LogP contribution in [0.15, 0.2) is 0 Å². The summed E-state index contributed by atoms with van der Waals surface area (Å²) in [6.45, 7) is 3.70. The molecule has 16 heavy (non-hydrogen) atoms. The standard InChI is InChI=1S/C12H16O4/c1-3-9(13)15-10-6-4-7-8(5-6)12(10,2)16-11(7)14/h6-8,10H,3-5H2,1-2H3. The van der Waals surface area contributed by atoms with Crippen molar-refractivity contribution in [2.45, 2.75) is 44.8 Å². The van der Waals surface area contributed by atoms with Crippen LogP contribution in [0.25, 0.3) is 0 Å². The molecule has 0 spiro atoms. The molecule has 1 aliphatic heterocycles. The number of carbonyl (C=O) groups excluding carboxylic acids is 2. The fraction of sp³-hybridized carbons (Fsp3) is 0.833. The minimum atomic E-state index is -0.546. The zero-order valence-electron chi connectivity index (χ0n) is 9.56. The van der Waals surface area contributed by atoms with E-state index in [1.807, 2.05) is 6.92 Å². The molecule has 2 aliphatic carbocycles. The molecule has 0 N–H and O–H groups in total. The molecular weight excluding hydrogens is 208 g/mol. The fourth-order valence-corrected chi connectivity index (χ4v) is 3.76. The molecule has 4 nitrogen and oxygen atoms in total. The summed E-state index contributed by atoms with van der Waals surface area (Å²) in [7, 11) is 0. The molecule has 0 aromatic heterocycles. The van der Waals surface area contributed by atoms with Crippen molar-refractivity contribution < 1.29 is 19.1 Å².